The minimum atomic E-state index is 0.750. The van der Waals surface area contributed by atoms with Gasteiger partial charge in [-0.05, 0) is 29.7 Å². The van der Waals surface area contributed by atoms with Crippen LogP contribution in [0.3, 0.4) is 0 Å². The summed E-state index contributed by atoms with van der Waals surface area (Å²) < 4.78 is 0. The molecule has 1 heteroatoms. The highest BCUT2D eigenvalue weighted by Gasteiger charge is 2.09. The second kappa shape index (κ2) is 4.66. The predicted octanol–water partition coefficient (Wildman–Crippen LogP) is 4.29. The van der Waals surface area contributed by atoms with Crippen LogP contribution in [0.25, 0.3) is 0 Å². The fraction of sp³-hybridized carbons (Fsp3) is 0.636. The third-order valence-corrected chi connectivity index (χ3v) is 3.59. The van der Waals surface area contributed by atoms with Gasteiger partial charge in [0, 0.05) is 4.88 Å². The van der Waals surface area contributed by atoms with Gasteiger partial charge in [-0.1, -0.05) is 33.3 Å². The molecule has 0 N–H and O–H groups in total. The summed E-state index contributed by atoms with van der Waals surface area (Å²) in [4.78, 5) is 1.54. The fourth-order valence-corrected chi connectivity index (χ4v) is 2.26. The molecule has 0 nitrogen and oxygen atoms in total. The van der Waals surface area contributed by atoms with Crippen molar-refractivity contribution in [2.45, 2.75) is 39.5 Å². The van der Waals surface area contributed by atoms with Crippen LogP contribution in [0.1, 0.15) is 44.4 Å². The van der Waals surface area contributed by atoms with E-state index < -0.39 is 0 Å². The molecule has 2 atom stereocenters. The van der Waals surface area contributed by atoms with Crippen molar-refractivity contribution >= 4 is 11.3 Å². The van der Waals surface area contributed by atoms with E-state index in [4.69, 9.17) is 0 Å². The van der Waals surface area contributed by atoms with Crippen molar-refractivity contribution in [3.63, 3.8) is 0 Å². The molecule has 0 bridgehead atoms. The Morgan fingerprint density at radius 3 is 2.67 bits per heavy atom. The molecule has 0 aliphatic rings. The lowest BCUT2D eigenvalue weighted by Gasteiger charge is -2.13. The second-order valence-corrected chi connectivity index (χ2v) is 4.64. The van der Waals surface area contributed by atoms with Gasteiger partial charge in [-0.2, -0.15) is 0 Å². The molecule has 12 heavy (non-hydrogen) atoms. The average molecular weight is 182 g/mol. The number of hydrogen-bond donors (Lipinski definition) is 0. The van der Waals surface area contributed by atoms with Gasteiger partial charge in [0.25, 0.3) is 0 Å². The summed E-state index contributed by atoms with van der Waals surface area (Å²) in [5.41, 5.74) is 0. The highest BCUT2D eigenvalue weighted by molar-refractivity contribution is 7.10. The van der Waals surface area contributed by atoms with Crippen LogP contribution in [0.4, 0.5) is 0 Å². The molecule has 0 saturated carbocycles. The van der Waals surface area contributed by atoms with E-state index >= 15 is 0 Å². The Hall–Kier alpha value is -0.300. The first-order valence-corrected chi connectivity index (χ1v) is 5.65. The van der Waals surface area contributed by atoms with Gasteiger partial charge in [0.15, 0.2) is 0 Å². The van der Waals surface area contributed by atoms with Crippen LogP contribution in [-0.4, -0.2) is 0 Å². The summed E-state index contributed by atoms with van der Waals surface area (Å²) in [5.74, 6) is 1.61. The minimum absolute atomic E-state index is 0.750. The molecule has 0 spiro atoms. The lowest BCUT2D eigenvalue weighted by Crippen LogP contribution is -1.98. The molecular weight excluding hydrogens is 164 g/mol. The van der Waals surface area contributed by atoms with E-state index in [0.29, 0.717) is 0 Å². The Bertz CT molecular complexity index is 201. The van der Waals surface area contributed by atoms with Crippen LogP contribution in [0.15, 0.2) is 17.5 Å². The van der Waals surface area contributed by atoms with Crippen LogP contribution >= 0.6 is 11.3 Å². The first kappa shape index (κ1) is 9.79. The standard InChI is InChI=1S/C11H18S/c1-4-9(2)8-10(3)11-6-5-7-12-11/h5-7,9-10H,4,8H2,1-3H3. The zero-order chi connectivity index (χ0) is 8.97. The van der Waals surface area contributed by atoms with Crippen molar-refractivity contribution in [3.05, 3.63) is 22.4 Å². The van der Waals surface area contributed by atoms with Gasteiger partial charge in [0.1, 0.15) is 0 Å². The normalized spacial score (nSPS) is 15.9. The van der Waals surface area contributed by atoms with E-state index in [0.717, 1.165) is 11.8 Å². The van der Waals surface area contributed by atoms with E-state index in [1.54, 1.807) is 0 Å². The van der Waals surface area contributed by atoms with Gasteiger partial charge >= 0.3 is 0 Å². The fourth-order valence-electron chi connectivity index (χ4n) is 1.46. The van der Waals surface area contributed by atoms with E-state index in [1.165, 1.54) is 17.7 Å². The van der Waals surface area contributed by atoms with Crippen molar-refractivity contribution in [1.29, 1.82) is 0 Å². The number of rotatable bonds is 4. The maximum Gasteiger partial charge on any atom is 0.00735 e. The Balaban J connectivity index is 2.44. The summed E-state index contributed by atoms with van der Waals surface area (Å²) >= 11 is 1.88. The third kappa shape index (κ3) is 2.63. The molecular formula is C11H18S. The van der Waals surface area contributed by atoms with Gasteiger partial charge < -0.3 is 0 Å². The molecule has 0 aliphatic heterocycles. The highest BCUT2D eigenvalue weighted by Crippen LogP contribution is 2.27. The van der Waals surface area contributed by atoms with Crippen molar-refractivity contribution in [3.8, 4) is 0 Å². The summed E-state index contributed by atoms with van der Waals surface area (Å²) in [6.45, 7) is 6.94. The van der Waals surface area contributed by atoms with Gasteiger partial charge in [0.2, 0.25) is 0 Å². The maximum absolute atomic E-state index is 2.34. The van der Waals surface area contributed by atoms with Crippen molar-refractivity contribution < 1.29 is 0 Å². The van der Waals surface area contributed by atoms with E-state index in [9.17, 15) is 0 Å². The molecule has 0 aromatic carbocycles. The summed E-state index contributed by atoms with van der Waals surface area (Å²) in [6.07, 6.45) is 2.63. The Labute approximate surface area is 79.6 Å². The molecule has 0 aliphatic carbocycles. The molecule has 1 rings (SSSR count). The third-order valence-electron chi connectivity index (χ3n) is 2.48. The zero-order valence-corrected chi connectivity index (χ0v) is 9.03. The summed E-state index contributed by atoms with van der Waals surface area (Å²) in [6, 6.07) is 4.39. The Morgan fingerprint density at radius 2 is 2.17 bits per heavy atom. The lowest BCUT2D eigenvalue weighted by atomic mass is 9.94. The van der Waals surface area contributed by atoms with E-state index in [2.05, 4.69) is 38.3 Å². The SMILES string of the molecule is CCC(C)CC(C)c1cccs1. The van der Waals surface area contributed by atoms with Crippen molar-refractivity contribution in [2.75, 3.05) is 0 Å². The smallest absolute Gasteiger partial charge is 0.00735 e. The molecule has 0 fully saturated rings. The average Bonchev–Trinajstić information content (AvgIpc) is 2.56. The van der Waals surface area contributed by atoms with Crippen LogP contribution in [-0.2, 0) is 0 Å². The van der Waals surface area contributed by atoms with Crippen molar-refractivity contribution in [1.82, 2.24) is 0 Å². The van der Waals surface area contributed by atoms with Crippen LogP contribution in [0.5, 0.6) is 0 Å². The topological polar surface area (TPSA) is 0 Å². The lowest BCUT2D eigenvalue weighted by molar-refractivity contribution is 0.474. The number of thiophene rings is 1. The molecule has 0 saturated heterocycles. The molecule has 1 aromatic heterocycles. The van der Waals surface area contributed by atoms with Crippen LogP contribution < -0.4 is 0 Å². The molecule has 68 valence electrons. The van der Waals surface area contributed by atoms with E-state index in [-0.39, 0.29) is 0 Å². The Kier molecular flexibility index (Phi) is 3.80. The van der Waals surface area contributed by atoms with Crippen LogP contribution in [0.2, 0.25) is 0 Å². The molecule has 0 radical (unpaired) electrons. The summed E-state index contributed by atoms with van der Waals surface area (Å²) in [5, 5.41) is 2.17. The second-order valence-electron chi connectivity index (χ2n) is 3.67. The largest absolute Gasteiger partial charge is 0.149 e. The van der Waals surface area contributed by atoms with Gasteiger partial charge in [0.05, 0.1) is 0 Å². The molecule has 1 aromatic rings. The monoisotopic (exact) mass is 182 g/mol. The quantitative estimate of drug-likeness (QED) is 0.651. The van der Waals surface area contributed by atoms with Gasteiger partial charge in [-0.15, -0.1) is 11.3 Å². The van der Waals surface area contributed by atoms with Crippen LogP contribution in [0, 0.1) is 5.92 Å². The number of hydrogen-bond acceptors (Lipinski definition) is 1. The molecule has 0 amide bonds. The summed E-state index contributed by atoms with van der Waals surface area (Å²) in [7, 11) is 0. The van der Waals surface area contributed by atoms with Gasteiger partial charge in [-0.25, -0.2) is 0 Å². The first-order valence-electron chi connectivity index (χ1n) is 4.77. The zero-order valence-electron chi connectivity index (χ0n) is 8.21. The van der Waals surface area contributed by atoms with Gasteiger partial charge in [-0.3, -0.25) is 0 Å². The molecule has 2 unspecified atom stereocenters. The van der Waals surface area contributed by atoms with Crippen molar-refractivity contribution in [2.24, 2.45) is 5.92 Å². The van der Waals surface area contributed by atoms with E-state index in [1.807, 2.05) is 11.3 Å². The first-order chi connectivity index (χ1) is 5.74. The Morgan fingerprint density at radius 1 is 1.42 bits per heavy atom. The molecule has 1 heterocycles. The minimum Gasteiger partial charge on any atom is -0.149 e. The predicted molar refractivity (Wildman–Crippen MR) is 56.8 cm³/mol. The maximum atomic E-state index is 2.34. The highest BCUT2D eigenvalue weighted by atomic mass is 32.1.